The first-order chi connectivity index (χ1) is 4.93. The summed E-state index contributed by atoms with van der Waals surface area (Å²) < 4.78 is 0. The molecule has 0 bridgehead atoms. The maximum atomic E-state index is 7.68. The molecular formula is C6H6O4. The second-order valence-corrected chi connectivity index (χ2v) is 1.54. The van der Waals surface area contributed by atoms with Gasteiger partial charge < -0.3 is 4.89 Å². The topological polar surface area (TPSA) is 47.9 Å². The van der Waals surface area contributed by atoms with Crippen molar-refractivity contribution in [3.8, 4) is 5.75 Å². The van der Waals surface area contributed by atoms with E-state index in [1.54, 1.807) is 24.3 Å². The van der Waals surface area contributed by atoms with Gasteiger partial charge >= 0.3 is 0 Å². The molecule has 0 aliphatic heterocycles. The van der Waals surface area contributed by atoms with Crippen molar-refractivity contribution in [2.45, 2.75) is 0 Å². The monoisotopic (exact) mass is 142 g/mol. The summed E-state index contributed by atoms with van der Waals surface area (Å²) in [6.07, 6.45) is 0. The molecule has 1 aromatic carbocycles. The number of hydrogen-bond donors (Lipinski definition) is 1. The Labute approximate surface area is 57.4 Å². The van der Waals surface area contributed by atoms with Crippen LogP contribution in [-0.2, 0) is 10.1 Å². The number of benzene rings is 1. The van der Waals surface area contributed by atoms with Gasteiger partial charge in [0.15, 0.2) is 5.75 Å². The van der Waals surface area contributed by atoms with Gasteiger partial charge in [-0.25, -0.2) is 5.26 Å². The first kappa shape index (κ1) is 7.01. The molecule has 1 rings (SSSR count). The highest BCUT2D eigenvalue weighted by molar-refractivity contribution is 5.19. The molecule has 1 aromatic rings. The largest absolute Gasteiger partial charge is 0.306 e. The van der Waals surface area contributed by atoms with Crippen molar-refractivity contribution in [3.63, 3.8) is 0 Å². The van der Waals surface area contributed by atoms with Gasteiger partial charge in [0.05, 0.1) is 0 Å². The van der Waals surface area contributed by atoms with Crippen molar-refractivity contribution in [2.75, 3.05) is 0 Å². The van der Waals surface area contributed by atoms with Gasteiger partial charge in [0.1, 0.15) is 0 Å². The van der Waals surface area contributed by atoms with Gasteiger partial charge in [-0.15, -0.1) is 0 Å². The van der Waals surface area contributed by atoms with E-state index in [1.165, 1.54) is 0 Å². The number of hydrogen-bond acceptors (Lipinski definition) is 4. The molecule has 0 atom stereocenters. The fraction of sp³-hybridized carbons (Fsp3) is 0. The highest BCUT2D eigenvalue weighted by Crippen LogP contribution is 2.07. The zero-order valence-electron chi connectivity index (χ0n) is 5.06. The zero-order valence-corrected chi connectivity index (χ0v) is 5.06. The van der Waals surface area contributed by atoms with Crippen LogP contribution in [0.15, 0.2) is 30.3 Å². The lowest BCUT2D eigenvalue weighted by atomic mass is 10.3. The summed E-state index contributed by atoms with van der Waals surface area (Å²) in [5.41, 5.74) is 0. The molecule has 0 saturated carbocycles. The summed E-state index contributed by atoms with van der Waals surface area (Å²) in [5.74, 6) is 0.455. The highest BCUT2D eigenvalue weighted by Gasteiger charge is 1.89. The first-order valence-electron chi connectivity index (χ1n) is 2.63. The Morgan fingerprint density at radius 2 is 1.80 bits per heavy atom. The lowest BCUT2D eigenvalue weighted by molar-refractivity contribution is -0.594. The van der Waals surface area contributed by atoms with Crippen LogP contribution in [0.1, 0.15) is 0 Å². The van der Waals surface area contributed by atoms with E-state index >= 15 is 0 Å². The fourth-order valence-corrected chi connectivity index (χ4v) is 0.531. The summed E-state index contributed by atoms with van der Waals surface area (Å²) in [4.78, 5) is 4.38. The van der Waals surface area contributed by atoms with Crippen LogP contribution in [0.3, 0.4) is 0 Å². The van der Waals surface area contributed by atoms with Crippen LogP contribution in [0, 0.1) is 0 Å². The molecule has 4 heteroatoms. The molecule has 0 saturated heterocycles. The van der Waals surface area contributed by atoms with E-state index < -0.39 is 0 Å². The minimum Gasteiger partial charge on any atom is -0.306 e. The normalized spacial score (nSPS) is 9.30. The molecule has 0 heterocycles. The van der Waals surface area contributed by atoms with Crippen LogP contribution in [0.4, 0.5) is 0 Å². The van der Waals surface area contributed by atoms with Crippen LogP contribution < -0.4 is 4.89 Å². The predicted octanol–water partition coefficient (Wildman–Crippen LogP) is 1.40. The molecule has 0 aliphatic carbocycles. The van der Waals surface area contributed by atoms with Gasteiger partial charge in [-0.3, -0.25) is 0 Å². The number of para-hydroxylation sites is 1. The van der Waals surface area contributed by atoms with Gasteiger partial charge in [0.25, 0.3) is 0 Å². The molecule has 0 fully saturated rings. The van der Waals surface area contributed by atoms with Crippen LogP contribution in [-0.4, -0.2) is 5.26 Å². The third kappa shape index (κ3) is 2.02. The molecule has 0 aliphatic rings. The second-order valence-electron chi connectivity index (χ2n) is 1.54. The minimum absolute atomic E-state index is 0.455. The SMILES string of the molecule is OOOOc1ccccc1. The Balaban J connectivity index is 2.43. The Hall–Kier alpha value is -1.10. The first-order valence-corrected chi connectivity index (χ1v) is 2.63. The van der Waals surface area contributed by atoms with E-state index in [0.29, 0.717) is 5.75 Å². The summed E-state index contributed by atoms with van der Waals surface area (Å²) in [7, 11) is 0. The second kappa shape index (κ2) is 3.84. The average molecular weight is 142 g/mol. The van der Waals surface area contributed by atoms with Crippen molar-refractivity contribution >= 4 is 0 Å². The third-order valence-electron chi connectivity index (χ3n) is 0.904. The van der Waals surface area contributed by atoms with E-state index in [0.717, 1.165) is 0 Å². The Morgan fingerprint density at radius 1 is 1.10 bits per heavy atom. The van der Waals surface area contributed by atoms with Crippen molar-refractivity contribution in [1.29, 1.82) is 0 Å². The molecule has 0 radical (unpaired) electrons. The molecule has 4 nitrogen and oxygen atoms in total. The lowest BCUT2D eigenvalue weighted by Crippen LogP contribution is -1.94. The fourth-order valence-electron chi connectivity index (χ4n) is 0.531. The number of rotatable bonds is 3. The van der Waals surface area contributed by atoms with Crippen molar-refractivity contribution in [2.24, 2.45) is 0 Å². The molecule has 0 spiro atoms. The Bertz CT molecular complexity index is 174. The predicted molar refractivity (Wildman–Crippen MR) is 31.9 cm³/mol. The molecule has 0 aromatic heterocycles. The zero-order chi connectivity index (χ0) is 7.23. The summed E-state index contributed by atoms with van der Waals surface area (Å²) in [5, 5.41) is 14.7. The minimum atomic E-state index is 0.455. The van der Waals surface area contributed by atoms with E-state index in [2.05, 4.69) is 15.0 Å². The van der Waals surface area contributed by atoms with Gasteiger partial charge in [0.2, 0.25) is 0 Å². The van der Waals surface area contributed by atoms with Crippen molar-refractivity contribution in [3.05, 3.63) is 30.3 Å². The van der Waals surface area contributed by atoms with Crippen LogP contribution >= 0.6 is 0 Å². The standard InChI is InChI=1S/C6H6O4/c7-9-10-8-6-4-2-1-3-5-6/h1-5,7H. The molecular weight excluding hydrogens is 136 g/mol. The van der Waals surface area contributed by atoms with Crippen LogP contribution in [0.25, 0.3) is 0 Å². The smallest absolute Gasteiger partial charge is 0.168 e. The molecule has 54 valence electrons. The van der Waals surface area contributed by atoms with E-state index in [4.69, 9.17) is 5.26 Å². The lowest BCUT2D eigenvalue weighted by Gasteiger charge is -1.96. The summed E-state index contributed by atoms with van der Waals surface area (Å²) in [6, 6.07) is 8.65. The Kier molecular flexibility index (Phi) is 2.69. The highest BCUT2D eigenvalue weighted by atomic mass is 17.6. The van der Waals surface area contributed by atoms with E-state index in [1.807, 2.05) is 6.07 Å². The van der Waals surface area contributed by atoms with E-state index in [9.17, 15) is 0 Å². The van der Waals surface area contributed by atoms with Gasteiger partial charge in [0, 0.05) is 5.04 Å². The molecule has 0 unspecified atom stereocenters. The molecule has 0 amide bonds. The molecule has 10 heavy (non-hydrogen) atoms. The molecule has 1 N–H and O–H groups in total. The van der Waals surface area contributed by atoms with Gasteiger partial charge in [-0.2, -0.15) is 0 Å². The maximum Gasteiger partial charge on any atom is 0.168 e. The average Bonchev–Trinajstić information content (AvgIpc) is 2.03. The van der Waals surface area contributed by atoms with Crippen LogP contribution in [0.5, 0.6) is 5.75 Å². The quantitative estimate of drug-likeness (QED) is 0.511. The summed E-state index contributed by atoms with van der Waals surface area (Å²) in [6.45, 7) is 0. The third-order valence-corrected chi connectivity index (χ3v) is 0.904. The Morgan fingerprint density at radius 3 is 2.40 bits per heavy atom. The summed E-state index contributed by atoms with van der Waals surface area (Å²) >= 11 is 0. The van der Waals surface area contributed by atoms with Gasteiger partial charge in [-0.1, -0.05) is 18.2 Å². The van der Waals surface area contributed by atoms with Crippen LogP contribution in [0.2, 0.25) is 0 Å². The van der Waals surface area contributed by atoms with Crippen molar-refractivity contribution in [1.82, 2.24) is 0 Å². The van der Waals surface area contributed by atoms with Crippen molar-refractivity contribution < 1.29 is 20.2 Å². The van der Waals surface area contributed by atoms with E-state index in [-0.39, 0.29) is 0 Å². The van der Waals surface area contributed by atoms with Gasteiger partial charge in [-0.05, 0) is 17.2 Å². The maximum absolute atomic E-state index is 7.68.